The van der Waals surface area contributed by atoms with Gasteiger partial charge in [-0.1, -0.05) is 18.2 Å². The van der Waals surface area contributed by atoms with Gasteiger partial charge in [-0.15, -0.1) is 0 Å². The number of halogens is 1. The van der Waals surface area contributed by atoms with Gasteiger partial charge in [-0.25, -0.2) is 4.39 Å². The van der Waals surface area contributed by atoms with Crippen LogP contribution in [0.5, 0.6) is 0 Å². The van der Waals surface area contributed by atoms with Crippen LogP contribution in [-0.4, -0.2) is 7.05 Å². The molecule has 0 fully saturated rings. The highest BCUT2D eigenvalue weighted by atomic mass is 19.1. The monoisotopic (exact) mass is 285 g/mol. The third-order valence-electron chi connectivity index (χ3n) is 4.85. The zero-order valence-electron chi connectivity index (χ0n) is 13.8. The van der Waals surface area contributed by atoms with Gasteiger partial charge >= 0.3 is 0 Å². The van der Waals surface area contributed by atoms with Crippen LogP contribution in [-0.2, 0) is 0 Å². The van der Waals surface area contributed by atoms with E-state index in [1.165, 1.54) is 39.4 Å². The maximum atomic E-state index is 14.2. The first-order chi connectivity index (χ1) is 9.90. The third kappa shape index (κ3) is 2.60. The third-order valence-corrected chi connectivity index (χ3v) is 4.85. The lowest BCUT2D eigenvalue weighted by Crippen LogP contribution is -2.22. The maximum absolute atomic E-state index is 14.2. The lowest BCUT2D eigenvalue weighted by Gasteiger charge is -2.26. The Morgan fingerprint density at radius 2 is 1.29 bits per heavy atom. The molecule has 0 aliphatic heterocycles. The molecule has 0 amide bonds. The van der Waals surface area contributed by atoms with Crippen LogP contribution < -0.4 is 5.32 Å². The van der Waals surface area contributed by atoms with Crippen molar-refractivity contribution in [3.8, 4) is 0 Å². The molecule has 2 heteroatoms. The molecule has 2 aromatic rings. The van der Waals surface area contributed by atoms with E-state index < -0.39 is 0 Å². The summed E-state index contributed by atoms with van der Waals surface area (Å²) in [5.41, 5.74) is 8.32. The summed E-state index contributed by atoms with van der Waals surface area (Å²) in [5, 5.41) is 3.29. The summed E-state index contributed by atoms with van der Waals surface area (Å²) in [4.78, 5) is 0. The minimum Gasteiger partial charge on any atom is -0.309 e. The first kappa shape index (κ1) is 15.7. The molecule has 0 heterocycles. The number of rotatable bonds is 3. The Bertz CT molecular complexity index is 645. The molecule has 21 heavy (non-hydrogen) atoms. The Kier molecular flexibility index (Phi) is 4.48. The van der Waals surface area contributed by atoms with E-state index >= 15 is 0 Å². The molecule has 0 radical (unpaired) electrons. The second-order valence-corrected chi connectivity index (χ2v) is 5.78. The summed E-state index contributed by atoms with van der Waals surface area (Å²) in [5.74, 6) is -0.161. The van der Waals surface area contributed by atoms with E-state index in [0.29, 0.717) is 5.56 Å². The first-order valence-electron chi connectivity index (χ1n) is 7.38. The summed E-state index contributed by atoms with van der Waals surface area (Å²) >= 11 is 0. The number of hydrogen-bond donors (Lipinski definition) is 1. The Morgan fingerprint density at radius 1 is 0.810 bits per heavy atom. The SMILES string of the molecule is CNC(c1ccccc1F)c1c(C)c(C)c(C)c(C)c1C. The van der Waals surface area contributed by atoms with Crippen molar-refractivity contribution in [1.82, 2.24) is 5.32 Å². The van der Waals surface area contributed by atoms with Crippen LogP contribution in [0.4, 0.5) is 4.39 Å². The van der Waals surface area contributed by atoms with Gasteiger partial charge in [0.2, 0.25) is 0 Å². The smallest absolute Gasteiger partial charge is 0.128 e. The highest BCUT2D eigenvalue weighted by Crippen LogP contribution is 2.34. The van der Waals surface area contributed by atoms with Crippen LogP contribution >= 0.6 is 0 Å². The fourth-order valence-electron chi connectivity index (χ4n) is 3.13. The fourth-order valence-corrected chi connectivity index (χ4v) is 3.13. The van der Waals surface area contributed by atoms with E-state index in [0.717, 1.165) is 0 Å². The molecule has 0 spiro atoms. The average molecular weight is 285 g/mol. The van der Waals surface area contributed by atoms with Gasteiger partial charge in [0.25, 0.3) is 0 Å². The summed E-state index contributed by atoms with van der Waals surface area (Å²) in [7, 11) is 1.89. The van der Waals surface area contributed by atoms with Crippen molar-refractivity contribution in [2.75, 3.05) is 7.05 Å². The van der Waals surface area contributed by atoms with Crippen molar-refractivity contribution >= 4 is 0 Å². The van der Waals surface area contributed by atoms with Gasteiger partial charge in [-0.3, -0.25) is 0 Å². The standard InChI is InChI=1S/C19H24FN/c1-11-12(2)14(4)18(15(5)13(11)3)19(21-6)16-9-7-8-10-17(16)20/h7-10,19,21H,1-6H3. The maximum Gasteiger partial charge on any atom is 0.128 e. The molecule has 0 aromatic heterocycles. The van der Waals surface area contributed by atoms with Gasteiger partial charge < -0.3 is 5.32 Å². The first-order valence-corrected chi connectivity index (χ1v) is 7.38. The van der Waals surface area contributed by atoms with Crippen LogP contribution in [0.25, 0.3) is 0 Å². The Labute approximate surface area is 127 Å². The largest absolute Gasteiger partial charge is 0.309 e. The van der Waals surface area contributed by atoms with Gasteiger partial charge in [0.15, 0.2) is 0 Å². The van der Waals surface area contributed by atoms with Gasteiger partial charge in [0.1, 0.15) is 5.82 Å². The molecule has 0 bridgehead atoms. The number of benzene rings is 2. The predicted molar refractivity (Wildman–Crippen MR) is 87.4 cm³/mol. The second kappa shape index (κ2) is 5.98. The van der Waals surface area contributed by atoms with E-state index in [1.54, 1.807) is 6.07 Å². The summed E-state index contributed by atoms with van der Waals surface area (Å²) < 4.78 is 14.2. The van der Waals surface area contributed by atoms with Gasteiger partial charge in [0.05, 0.1) is 6.04 Å². The van der Waals surface area contributed by atoms with Gasteiger partial charge in [-0.2, -0.15) is 0 Å². The van der Waals surface area contributed by atoms with E-state index in [-0.39, 0.29) is 11.9 Å². The topological polar surface area (TPSA) is 12.0 Å². The van der Waals surface area contributed by atoms with Crippen LogP contribution in [0.3, 0.4) is 0 Å². The average Bonchev–Trinajstić information content (AvgIpc) is 2.48. The van der Waals surface area contributed by atoms with Crippen molar-refractivity contribution in [1.29, 1.82) is 0 Å². The molecule has 2 aromatic carbocycles. The molecule has 0 aliphatic rings. The highest BCUT2D eigenvalue weighted by Gasteiger charge is 2.22. The predicted octanol–water partition coefficient (Wildman–Crippen LogP) is 4.68. The quantitative estimate of drug-likeness (QED) is 0.863. The van der Waals surface area contributed by atoms with Gasteiger partial charge in [0, 0.05) is 5.56 Å². The van der Waals surface area contributed by atoms with Gasteiger partial charge in [-0.05, 0) is 81.1 Å². The molecule has 1 unspecified atom stereocenters. The van der Waals surface area contributed by atoms with Crippen molar-refractivity contribution in [3.63, 3.8) is 0 Å². The molecular weight excluding hydrogens is 261 g/mol. The lowest BCUT2D eigenvalue weighted by atomic mass is 9.84. The normalized spacial score (nSPS) is 12.5. The Hall–Kier alpha value is -1.67. The molecule has 112 valence electrons. The minimum atomic E-state index is -0.161. The molecule has 0 saturated carbocycles. The zero-order valence-corrected chi connectivity index (χ0v) is 13.8. The fraction of sp³-hybridized carbons (Fsp3) is 0.368. The molecule has 0 aliphatic carbocycles. The van der Waals surface area contributed by atoms with Crippen LogP contribution in [0, 0.1) is 40.4 Å². The van der Waals surface area contributed by atoms with Crippen molar-refractivity contribution in [2.24, 2.45) is 0 Å². The highest BCUT2D eigenvalue weighted by molar-refractivity contribution is 5.53. The second-order valence-electron chi connectivity index (χ2n) is 5.78. The molecule has 1 atom stereocenters. The molecule has 1 nitrogen and oxygen atoms in total. The summed E-state index contributed by atoms with van der Waals surface area (Å²) in [6.45, 7) is 10.7. The van der Waals surface area contributed by atoms with E-state index in [2.05, 4.69) is 39.9 Å². The van der Waals surface area contributed by atoms with Crippen LogP contribution in [0.1, 0.15) is 45.0 Å². The van der Waals surface area contributed by atoms with E-state index in [1.807, 2.05) is 19.2 Å². The van der Waals surface area contributed by atoms with Crippen molar-refractivity contribution in [3.05, 3.63) is 69.0 Å². The lowest BCUT2D eigenvalue weighted by molar-refractivity contribution is 0.573. The van der Waals surface area contributed by atoms with Crippen LogP contribution in [0.15, 0.2) is 24.3 Å². The number of hydrogen-bond acceptors (Lipinski definition) is 1. The van der Waals surface area contributed by atoms with Crippen LogP contribution in [0.2, 0.25) is 0 Å². The molecule has 2 rings (SSSR count). The zero-order chi connectivity index (χ0) is 15.7. The molecular formula is C19H24FN. The summed E-state index contributed by atoms with van der Waals surface area (Å²) in [6, 6.07) is 6.89. The van der Waals surface area contributed by atoms with Crippen molar-refractivity contribution in [2.45, 2.75) is 40.7 Å². The minimum absolute atomic E-state index is 0.121. The Balaban J connectivity index is 2.73. The van der Waals surface area contributed by atoms with E-state index in [9.17, 15) is 4.39 Å². The summed E-state index contributed by atoms with van der Waals surface area (Å²) in [6.07, 6.45) is 0. The molecule has 1 N–H and O–H groups in total. The molecule has 0 saturated heterocycles. The Morgan fingerprint density at radius 3 is 1.76 bits per heavy atom. The van der Waals surface area contributed by atoms with E-state index in [4.69, 9.17) is 0 Å². The van der Waals surface area contributed by atoms with Crippen molar-refractivity contribution < 1.29 is 4.39 Å². The number of nitrogens with one attached hydrogen (secondary N) is 1.